The Morgan fingerprint density at radius 1 is 0.380 bits per heavy atom. The fraction of sp³-hybridized carbons (Fsp3) is 0. The predicted molar refractivity (Wildman–Crippen MR) is 203 cm³/mol. The minimum absolute atomic E-state index is 0.864. The van der Waals surface area contributed by atoms with Crippen molar-refractivity contribution in [3.8, 4) is 5.69 Å². The first kappa shape index (κ1) is 27.1. The topological polar surface area (TPSA) is 60.2 Å². The van der Waals surface area contributed by atoms with Crippen molar-refractivity contribution in [1.82, 2.24) is 15.0 Å². The molecule has 50 heavy (non-hydrogen) atoms. The first-order valence-corrected chi connectivity index (χ1v) is 16.6. The Hall–Kier alpha value is -6.92. The molecule has 3 aromatic heterocycles. The molecule has 0 bridgehead atoms. The lowest BCUT2D eigenvalue weighted by Gasteiger charge is -2.26. The number of anilines is 3. The summed E-state index contributed by atoms with van der Waals surface area (Å²) >= 11 is 0. The van der Waals surface area contributed by atoms with Crippen LogP contribution in [0, 0.1) is 0 Å². The van der Waals surface area contributed by atoms with E-state index in [0.29, 0.717) is 0 Å². The van der Waals surface area contributed by atoms with E-state index in [2.05, 4.69) is 114 Å². The van der Waals surface area contributed by atoms with Gasteiger partial charge >= 0.3 is 0 Å². The molecule has 0 saturated heterocycles. The fourth-order valence-corrected chi connectivity index (χ4v) is 7.35. The van der Waals surface area contributed by atoms with Gasteiger partial charge in [-0.1, -0.05) is 60.7 Å². The van der Waals surface area contributed by atoms with Crippen LogP contribution in [0.2, 0.25) is 0 Å². The third-order valence-corrected chi connectivity index (χ3v) is 9.78. The van der Waals surface area contributed by atoms with Crippen LogP contribution in [0.3, 0.4) is 0 Å². The van der Waals surface area contributed by atoms with Crippen molar-refractivity contribution in [2.45, 2.75) is 0 Å². The monoisotopic (exact) mass is 642 g/mol. The van der Waals surface area contributed by atoms with Crippen LogP contribution in [0.15, 0.2) is 167 Å². The number of rotatable bonds is 4. The zero-order valence-electron chi connectivity index (χ0n) is 26.6. The fourth-order valence-electron chi connectivity index (χ4n) is 7.35. The van der Waals surface area contributed by atoms with Crippen LogP contribution < -0.4 is 4.90 Å². The van der Waals surface area contributed by atoms with E-state index in [9.17, 15) is 0 Å². The van der Waals surface area contributed by atoms with E-state index in [1.165, 1.54) is 0 Å². The summed E-state index contributed by atoms with van der Waals surface area (Å²) in [5, 5.41) is 18.4. The summed E-state index contributed by atoms with van der Waals surface area (Å²) in [6, 6.07) is 54.8. The van der Waals surface area contributed by atoms with Gasteiger partial charge in [0.2, 0.25) is 0 Å². The average Bonchev–Trinajstić information content (AvgIpc) is 3.86. The van der Waals surface area contributed by atoms with Crippen LogP contribution in [-0.4, -0.2) is 15.0 Å². The number of aromatic nitrogens is 3. The summed E-state index contributed by atoms with van der Waals surface area (Å²) in [5.74, 6) is 0. The molecule has 0 N–H and O–H groups in total. The molecule has 0 spiro atoms. The SMILES string of the molecule is c1ccc2nn(-c3ccc(N(c4ccc5cc6c(cc5c4)oc4ccccc46)c4ccc5cc6c(cc5c4)oc4ccccc46)cc3)nc2c1. The molecule has 0 radical (unpaired) electrons. The van der Waals surface area contributed by atoms with Crippen molar-refractivity contribution in [3.63, 3.8) is 0 Å². The van der Waals surface area contributed by atoms with E-state index in [1.54, 1.807) is 4.80 Å². The number of hydrogen-bond acceptors (Lipinski definition) is 5. The number of benzene rings is 8. The molecule has 234 valence electrons. The van der Waals surface area contributed by atoms with Gasteiger partial charge in [0, 0.05) is 38.6 Å². The second kappa shape index (κ2) is 10.3. The van der Waals surface area contributed by atoms with Crippen molar-refractivity contribution in [1.29, 1.82) is 0 Å². The van der Waals surface area contributed by atoms with Gasteiger partial charge in [0.25, 0.3) is 0 Å². The predicted octanol–water partition coefficient (Wildman–Crippen LogP) is 12.0. The molecule has 0 fully saturated rings. The van der Waals surface area contributed by atoms with E-state index >= 15 is 0 Å². The molecule has 3 heterocycles. The molecule has 0 atom stereocenters. The quantitative estimate of drug-likeness (QED) is 0.191. The third-order valence-electron chi connectivity index (χ3n) is 9.78. The maximum absolute atomic E-state index is 6.28. The molecule has 6 heteroatoms. The zero-order valence-corrected chi connectivity index (χ0v) is 26.6. The Morgan fingerprint density at radius 2 is 0.860 bits per heavy atom. The maximum Gasteiger partial charge on any atom is 0.136 e. The van der Waals surface area contributed by atoms with E-state index in [-0.39, 0.29) is 0 Å². The van der Waals surface area contributed by atoms with Gasteiger partial charge in [0.15, 0.2) is 0 Å². The van der Waals surface area contributed by atoms with Gasteiger partial charge < -0.3 is 13.7 Å². The third kappa shape index (κ3) is 4.15. The molecule has 11 aromatic rings. The second-order valence-electron chi connectivity index (χ2n) is 12.8. The smallest absolute Gasteiger partial charge is 0.136 e. The Bertz CT molecular complexity index is 2930. The zero-order chi connectivity index (χ0) is 32.8. The Balaban J connectivity index is 1.08. The van der Waals surface area contributed by atoms with Gasteiger partial charge in [-0.25, -0.2) is 0 Å². The number of fused-ring (bicyclic) bond motifs is 9. The normalized spacial score (nSPS) is 12.0. The molecule has 0 aliphatic rings. The van der Waals surface area contributed by atoms with Crippen LogP contribution in [0.1, 0.15) is 0 Å². The molecule has 0 aliphatic carbocycles. The van der Waals surface area contributed by atoms with E-state index in [0.717, 1.165) is 99.2 Å². The van der Waals surface area contributed by atoms with Crippen molar-refractivity contribution in [2.24, 2.45) is 0 Å². The van der Waals surface area contributed by atoms with E-state index < -0.39 is 0 Å². The van der Waals surface area contributed by atoms with E-state index in [4.69, 9.17) is 19.0 Å². The van der Waals surface area contributed by atoms with E-state index in [1.807, 2.05) is 48.5 Å². The maximum atomic E-state index is 6.28. The molecule has 8 aromatic carbocycles. The summed E-state index contributed by atoms with van der Waals surface area (Å²) in [6.45, 7) is 0. The average molecular weight is 643 g/mol. The van der Waals surface area contributed by atoms with Gasteiger partial charge in [-0.15, -0.1) is 10.2 Å². The van der Waals surface area contributed by atoms with Crippen molar-refractivity contribution in [3.05, 3.63) is 158 Å². The van der Waals surface area contributed by atoms with Crippen molar-refractivity contribution >= 4 is 93.5 Å². The van der Waals surface area contributed by atoms with Crippen LogP contribution in [0.4, 0.5) is 17.1 Å². The summed E-state index contributed by atoms with van der Waals surface area (Å²) in [7, 11) is 0. The van der Waals surface area contributed by atoms with Gasteiger partial charge in [0.1, 0.15) is 33.4 Å². The van der Waals surface area contributed by atoms with Crippen LogP contribution in [0.5, 0.6) is 0 Å². The number of hydrogen-bond donors (Lipinski definition) is 0. The molecule has 0 unspecified atom stereocenters. The minimum Gasteiger partial charge on any atom is -0.456 e. The van der Waals surface area contributed by atoms with Gasteiger partial charge in [0.05, 0.1) is 5.69 Å². The Morgan fingerprint density at radius 3 is 1.40 bits per heavy atom. The minimum atomic E-state index is 0.864. The molecular weight excluding hydrogens is 617 g/mol. The first-order valence-electron chi connectivity index (χ1n) is 16.6. The largest absolute Gasteiger partial charge is 0.456 e. The molecule has 11 rings (SSSR count). The van der Waals surface area contributed by atoms with Crippen molar-refractivity contribution < 1.29 is 8.83 Å². The highest BCUT2D eigenvalue weighted by molar-refractivity contribution is 6.12. The standard InChI is InChI=1S/C44H26N4O2/c1-5-11-41-35(7-1)37-23-27-13-15-33(21-29(27)25-43(37)49-41)47(31-17-19-32(20-18-31)48-45-39-9-3-4-10-40(39)46-48)34-16-14-28-24-38-36-8-2-6-12-42(36)50-44(38)26-30(28)22-34/h1-26H. The Kier molecular flexibility index (Phi) is 5.57. The highest BCUT2D eigenvalue weighted by Gasteiger charge is 2.17. The molecule has 0 amide bonds. The number of para-hydroxylation sites is 2. The number of furan rings is 2. The lowest BCUT2D eigenvalue weighted by molar-refractivity contribution is 0.669. The lowest BCUT2D eigenvalue weighted by atomic mass is 10.0. The molecular formula is C44H26N4O2. The molecule has 6 nitrogen and oxygen atoms in total. The second-order valence-corrected chi connectivity index (χ2v) is 12.8. The van der Waals surface area contributed by atoms with Crippen LogP contribution in [0.25, 0.3) is 82.1 Å². The lowest BCUT2D eigenvalue weighted by Crippen LogP contribution is -2.10. The summed E-state index contributed by atoms with van der Waals surface area (Å²) in [4.78, 5) is 3.99. The molecule has 0 saturated carbocycles. The number of nitrogens with zero attached hydrogens (tertiary/aromatic N) is 4. The Labute approximate surface area is 285 Å². The van der Waals surface area contributed by atoms with Gasteiger partial charge in [-0.3, -0.25) is 0 Å². The van der Waals surface area contributed by atoms with Gasteiger partial charge in [-0.2, -0.15) is 4.80 Å². The first-order chi connectivity index (χ1) is 24.7. The van der Waals surface area contributed by atoms with Gasteiger partial charge in [-0.05, 0) is 119 Å². The van der Waals surface area contributed by atoms with Crippen LogP contribution in [-0.2, 0) is 0 Å². The summed E-state index contributed by atoms with van der Waals surface area (Å²) < 4.78 is 12.6. The van der Waals surface area contributed by atoms with Crippen LogP contribution >= 0.6 is 0 Å². The van der Waals surface area contributed by atoms with Crippen molar-refractivity contribution in [2.75, 3.05) is 4.90 Å². The summed E-state index contributed by atoms with van der Waals surface area (Å²) in [5.41, 5.74) is 9.26. The molecule has 0 aliphatic heterocycles. The highest BCUT2D eigenvalue weighted by atomic mass is 16.3. The highest BCUT2D eigenvalue weighted by Crippen LogP contribution is 2.41. The summed E-state index contributed by atoms with van der Waals surface area (Å²) in [6.07, 6.45) is 0.